The van der Waals surface area contributed by atoms with Crippen molar-refractivity contribution in [2.45, 2.75) is 57.8 Å². The fourth-order valence-corrected chi connectivity index (χ4v) is 5.95. The van der Waals surface area contributed by atoms with Crippen molar-refractivity contribution in [3.05, 3.63) is 28.8 Å². The van der Waals surface area contributed by atoms with Gasteiger partial charge in [-0.3, -0.25) is 4.79 Å². The molecule has 0 aliphatic heterocycles. The second-order valence-corrected chi connectivity index (χ2v) is 8.12. The van der Waals surface area contributed by atoms with Crippen LogP contribution in [-0.2, 0) is 6.42 Å². The molecule has 4 atom stereocenters. The number of carbonyl (C=O) groups is 1. The number of ether oxygens (including phenoxy) is 1. The van der Waals surface area contributed by atoms with Crippen LogP contribution in [0.1, 0.15) is 72.9 Å². The molecule has 1 amide bonds. The van der Waals surface area contributed by atoms with Gasteiger partial charge in [-0.15, -0.1) is 0 Å². The second-order valence-electron chi connectivity index (χ2n) is 8.12. The first kappa shape index (κ1) is 15.0. The molecule has 1 aromatic carbocycles. The van der Waals surface area contributed by atoms with Crippen molar-refractivity contribution in [1.82, 2.24) is 0 Å². The van der Waals surface area contributed by atoms with Crippen molar-refractivity contribution in [2.24, 2.45) is 23.0 Å². The highest BCUT2D eigenvalue weighted by atomic mass is 16.5. The monoisotopic (exact) mass is 313 g/mol. The van der Waals surface area contributed by atoms with Crippen LogP contribution >= 0.6 is 0 Å². The molecule has 124 valence electrons. The Labute approximate surface area is 138 Å². The van der Waals surface area contributed by atoms with Gasteiger partial charge in [0, 0.05) is 0 Å². The molecular weight excluding hydrogens is 286 g/mol. The summed E-state index contributed by atoms with van der Waals surface area (Å²) < 4.78 is 5.46. The second kappa shape index (κ2) is 5.25. The number of primary amides is 1. The summed E-state index contributed by atoms with van der Waals surface area (Å²) >= 11 is 0. The number of aryl methyl sites for hydroxylation is 1. The molecule has 3 aliphatic carbocycles. The molecule has 0 heterocycles. The quantitative estimate of drug-likeness (QED) is 0.896. The van der Waals surface area contributed by atoms with Crippen molar-refractivity contribution in [3.8, 4) is 5.75 Å². The van der Waals surface area contributed by atoms with Crippen LogP contribution in [-0.4, -0.2) is 13.0 Å². The van der Waals surface area contributed by atoms with Crippen LogP contribution in [0.25, 0.3) is 0 Å². The van der Waals surface area contributed by atoms with E-state index in [0.29, 0.717) is 22.6 Å². The zero-order chi connectivity index (χ0) is 16.2. The molecule has 0 spiro atoms. The van der Waals surface area contributed by atoms with Crippen molar-refractivity contribution in [1.29, 1.82) is 0 Å². The van der Waals surface area contributed by atoms with Crippen LogP contribution < -0.4 is 10.5 Å². The van der Waals surface area contributed by atoms with Crippen LogP contribution in [0.2, 0.25) is 0 Å². The molecule has 0 saturated heterocycles. The third-order valence-electron chi connectivity index (χ3n) is 7.09. The van der Waals surface area contributed by atoms with Gasteiger partial charge < -0.3 is 10.5 Å². The van der Waals surface area contributed by atoms with Gasteiger partial charge in [0.25, 0.3) is 5.91 Å². The van der Waals surface area contributed by atoms with E-state index >= 15 is 0 Å². The van der Waals surface area contributed by atoms with Gasteiger partial charge in [-0.05, 0) is 85.0 Å². The standard InChI is InChI=1S/C20H27NO2/c1-20-8-3-4-17(20)14-6-5-12-10-16(19(21)22)18(23-2)11-15(12)13(14)7-9-20/h10-11,13-14,17H,3-9H2,1-2H3,(H2,21,22)/t13?,14?,17?,20-/m0/s1. The lowest BCUT2D eigenvalue weighted by molar-refractivity contribution is 0.0597. The summed E-state index contributed by atoms with van der Waals surface area (Å²) in [6, 6.07) is 4.11. The van der Waals surface area contributed by atoms with Crippen molar-refractivity contribution >= 4 is 5.91 Å². The number of hydrogen-bond donors (Lipinski definition) is 1. The maximum atomic E-state index is 11.7. The maximum Gasteiger partial charge on any atom is 0.252 e. The molecule has 0 radical (unpaired) electrons. The zero-order valence-electron chi connectivity index (χ0n) is 14.2. The van der Waals surface area contributed by atoms with Gasteiger partial charge in [-0.2, -0.15) is 0 Å². The Balaban J connectivity index is 1.74. The first-order valence-corrected chi connectivity index (χ1v) is 9.04. The summed E-state index contributed by atoms with van der Waals surface area (Å²) in [6.07, 6.45) is 9.19. The molecule has 3 heteroatoms. The number of carbonyl (C=O) groups excluding carboxylic acids is 1. The average Bonchev–Trinajstić information content (AvgIpc) is 2.94. The predicted molar refractivity (Wildman–Crippen MR) is 90.7 cm³/mol. The van der Waals surface area contributed by atoms with E-state index in [4.69, 9.17) is 10.5 Å². The molecule has 0 bridgehead atoms. The minimum atomic E-state index is -0.390. The fraction of sp³-hybridized carbons (Fsp3) is 0.650. The number of fused-ring (bicyclic) bond motifs is 5. The van der Waals surface area contributed by atoms with Crippen LogP contribution in [0.5, 0.6) is 5.75 Å². The van der Waals surface area contributed by atoms with Gasteiger partial charge in [0.15, 0.2) is 0 Å². The van der Waals surface area contributed by atoms with Crippen molar-refractivity contribution in [3.63, 3.8) is 0 Å². The Kier molecular flexibility index (Phi) is 3.44. The zero-order valence-corrected chi connectivity index (χ0v) is 14.2. The summed E-state index contributed by atoms with van der Waals surface area (Å²) in [4.78, 5) is 11.7. The summed E-state index contributed by atoms with van der Waals surface area (Å²) in [6.45, 7) is 2.52. The molecule has 2 saturated carbocycles. The van der Waals surface area contributed by atoms with Gasteiger partial charge in [0.05, 0.1) is 12.7 Å². The normalized spacial score (nSPS) is 35.1. The summed E-state index contributed by atoms with van der Waals surface area (Å²) in [5.74, 6) is 2.60. The Morgan fingerprint density at radius 1 is 1.26 bits per heavy atom. The average molecular weight is 313 g/mol. The Bertz CT molecular complexity index is 653. The van der Waals surface area contributed by atoms with Gasteiger partial charge >= 0.3 is 0 Å². The molecule has 3 aliphatic rings. The fourth-order valence-electron chi connectivity index (χ4n) is 5.95. The minimum Gasteiger partial charge on any atom is -0.496 e. The van der Waals surface area contributed by atoms with E-state index in [-0.39, 0.29) is 0 Å². The third-order valence-corrected chi connectivity index (χ3v) is 7.09. The smallest absolute Gasteiger partial charge is 0.252 e. The lowest BCUT2D eigenvalue weighted by Crippen LogP contribution is -2.39. The first-order chi connectivity index (χ1) is 11.0. The van der Waals surface area contributed by atoms with E-state index in [0.717, 1.165) is 18.3 Å². The largest absolute Gasteiger partial charge is 0.496 e. The van der Waals surface area contributed by atoms with E-state index in [9.17, 15) is 4.79 Å². The molecule has 23 heavy (non-hydrogen) atoms. The van der Waals surface area contributed by atoms with E-state index in [2.05, 4.69) is 13.0 Å². The highest BCUT2D eigenvalue weighted by Crippen LogP contribution is 2.61. The Hall–Kier alpha value is -1.51. The number of nitrogens with two attached hydrogens (primary N) is 1. The minimum absolute atomic E-state index is 0.390. The Morgan fingerprint density at radius 2 is 2.09 bits per heavy atom. The van der Waals surface area contributed by atoms with E-state index < -0.39 is 5.91 Å². The van der Waals surface area contributed by atoms with Gasteiger partial charge in [-0.25, -0.2) is 0 Å². The number of benzene rings is 1. The van der Waals surface area contributed by atoms with Gasteiger partial charge in [0.2, 0.25) is 0 Å². The van der Waals surface area contributed by atoms with Crippen LogP contribution in [0.15, 0.2) is 12.1 Å². The molecule has 2 fully saturated rings. The molecule has 4 rings (SSSR count). The van der Waals surface area contributed by atoms with Crippen LogP contribution in [0.4, 0.5) is 0 Å². The maximum absolute atomic E-state index is 11.7. The molecule has 0 aromatic heterocycles. The van der Waals surface area contributed by atoms with E-state index in [1.54, 1.807) is 7.11 Å². The van der Waals surface area contributed by atoms with E-state index in [1.807, 2.05) is 6.07 Å². The number of methoxy groups -OCH3 is 1. The van der Waals surface area contributed by atoms with Crippen molar-refractivity contribution in [2.75, 3.05) is 7.11 Å². The highest BCUT2D eigenvalue weighted by molar-refractivity contribution is 5.96. The number of rotatable bonds is 2. The molecule has 1 aromatic rings. The Morgan fingerprint density at radius 3 is 2.83 bits per heavy atom. The SMILES string of the molecule is COc1cc2c(cc1C(N)=O)CCC1C2CC[C@]2(C)CCCC12. The number of hydrogen-bond acceptors (Lipinski definition) is 2. The number of amides is 1. The van der Waals surface area contributed by atoms with Gasteiger partial charge in [0.1, 0.15) is 5.75 Å². The lowest BCUT2D eigenvalue weighted by Gasteiger charge is -2.49. The summed E-state index contributed by atoms with van der Waals surface area (Å²) in [5, 5.41) is 0. The first-order valence-electron chi connectivity index (χ1n) is 9.04. The van der Waals surface area contributed by atoms with Crippen molar-refractivity contribution < 1.29 is 9.53 Å². The predicted octanol–water partition coefficient (Wildman–Crippen LogP) is 4.04. The third kappa shape index (κ3) is 2.20. The molecule has 3 unspecified atom stereocenters. The van der Waals surface area contributed by atoms with Crippen LogP contribution in [0.3, 0.4) is 0 Å². The van der Waals surface area contributed by atoms with E-state index in [1.165, 1.54) is 49.7 Å². The van der Waals surface area contributed by atoms with Crippen LogP contribution in [0, 0.1) is 17.3 Å². The highest BCUT2D eigenvalue weighted by Gasteiger charge is 2.50. The molecule has 3 nitrogen and oxygen atoms in total. The molecular formula is C20H27NO2. The molecule has 2 N–H and O–H groups in total. The van der Waals surface area contributed by atoms with Gasteiger partial charge in [-0.1, -0.05) is 13.3 Å². The summed E-state index contributed by atoms with van der Waals surface area (Å²) in [5.41, 5.74) is 9.39. The lowest BCUT2D eigenvalue weighted by atomic mass is 9.56. The summed E-state index contributed by atoms with van der Waals surface area (Å²) in [7, 11) is 1.63. The topological polar surface area (TPSA) is 52.3 Å².